The van der Waals surface area contributed by atoms with Crippen molar-refractivity contribution < 1.29 is 4.39 Å². The van der Waals surface area contributed by atoms with E-state index in [0.29, 0.717) is 27.4 Å². The molecule has 24 heavy (non-hydrogen) atoms. The van der Waals surface area contributed by atoms with Gasteiger partial charge in [0.1, 0.15) is 15.8 Å². The second-order valence-electron chi connectivity index (χ2n) is 5.33. The minimum absolute atomic E-state index is 0.0987. The van der Waals surface area contributed by atoms with Gasteiger partial charge in [0, 0.05) is 29.8 Å². The van der Waals surface area contributed by atoms with Gasteiger partial charge in [-0.2, -0.15) is 0 Å². The van der Waals surface area contributed by atoms with Gasteiger partial charge in [0.15, 0.2) is 5.11 Å². The number of nitrogens with one attached hydrogen (secondary N) is 1. The van der Waals surface area contributed by atoms with Gasteiger partial charge in [-0.1, -0.05) is 16.5 Å². The molecule has 0 bridgehead atoms. The molecule has 7 nitrogen and oxygen atoms in total. The van der Waals surface area contributed by atoms with Crippen LogP contribution in [0.3, 0.4) is 0 Å². The van der Waals surface area contributed by atoms with Crippen molar-refractivity contribution >= 4 is 33.7 Å². The molecule has 124 valence electrons. The van der Waals surface area contributed by atoms with E-state index in [1.165, 1.54) is 17.4 Å². The summed E-state index contributed by atoms with van der Waals surface area (Å²) in [6, 6.07) is 1.80. The molecule has 1 N–H and O–H groups in total. The van der Waals surface area contributed by atoms with Gasteiger partial charge in [-0.25, -0.2) is 9.37 Å². The number of pyridine rings is 1. The molecule has 0 spiro atoms. The number of thiazole rings is 1. The lowest BCUT2D eigenvalue weighted by molar-refractivity contribution is 0.622. The highest BCUT2D eigenvalue weighted by atomic mass is 32.1. The lowest BCUT2D eigenvalue weighted by Gasteiger charge is -2.20. The summed E-state index contributed by atoms with van der Waals surface area (Å²) in [4.78, 5) is 12.9. The highest BCUT2D eigenvalue weighted by Gasteiger charge is 2.25. The zero-order valence-corrected chi connectivity index (χ0v) is 14.4. The Balaban J connectivity index is 1.93. The monoisotopic (exact) mass is 363 g/mol. The Kier molecular flexibility index (Phi) is 4.89. The van der Waals surface area contributed by atoms with Gasteiger partial charge in [0.2, 0.25) is 0 Å². The summed E-state index contributed by atoms with van der Waals surface area (Å²) < 4.78 is 13.4. The molecular weight excluding hydrogens is 349 g/mol. The second-order valence-corrected chi connectivity index (χ2v) is 6.70. The molecule has 2 aromatic rings. The maximum Gasteiger partial charge on any atom is 0.174 e. The van der Waals surface area contributed by atoms with Crippen LogP contribution in [0.4, 0.5) is 9.39 Å². The molecule has 0 radical (unpaired) electrons. The van der Waals surface area contributed by atoms with E-state index in [1.54, 1.807) is 6.20 Å². The highest BCUT2D eigenvalue weighted by molar-refractivity contribution is 7.80. The summed E-state index contributed by atoms with van der Waals surface area (Å²) in [6.07, 6.45) is 4.91. The van der Waals surface area contributed by atoms with Crippen molar-refractivity contribution in [2.24, 2.45) is 5.11 Å². The molecule has 0 amide bonds. The molecule has 0 unspecified atom stereocenters. The van der Waals surface area contributed by atoms with Crippen LogP contribution < -0.4 is 10.2 Å². The van der Waals surface area contributed by atoms with Crippen LogP contribution in [0.2, 0.25) is 0 Å². The van der Waals surface area contributed by atoms with Crippen LogP contribution in [0.15, 0.2) is 23.6 Å². The largest absolute Gasteiger partial charge is 0.360 e. The van der Waals surface area contributed by atoms with E-state index in [0.717, 1.165) is 24.0 Å². The number of azide groups is 1. The van der Waals surface area contributed by atoms with Crippen LogP contribution in [0, 0.1) is 5.82 Å². The summed E-state index contributed by atoms with van der Waals surface area (Å²) in [5.41, 5.74) is 9.75. The first-order chi connectivity index (χ1) is 11.6. The van der Waals surface area contributed by atoms with Gasteiger partial charge in [0.25, 0.3) is 0 Å². The first kappa shape index (κ1) is 16.6. The summed E-state index contributed by atoms with van der Waals surface area (Å²) in [5.74, 6) is -0.430. The van der Waals surface area contributed by atoms with Crippen LogP contribution in [0.25, 0.3) is 21.0 Å². The van der Waals surface area contributed by atoms with E-state index >= 15 is 0 Å². The summed E-state index contributed by atoms with van der Waals surface area (Å²) in [7, 11) is 1.83. The zero-order chi connectivity index (χ0) is 17.1. The number of nitrogens with zero attached hydrogens (tertiary/aromatic N) is 6. The maximum absolute atomic E-state index is 13.4. The average molecular weight is 363 g/mol. The van der Waals surface area contributed by atoms with Gasteiger partial charge < -0.3 is 10.2 Å². The zero-order valence-electron chi connectivity index (χ0n) is 12.8. The fraction of sp³-hybridized carbons (Fsp3) is 0.357. The Morgan fingerprint density at radius 3 is 3.04 bits per heavy atom. The summed E-state index contributed by atoms with van der Waals surface area (Å²) in [6.45, 7) is 0.0987. The van der Waals surface area contributed by atoms with E-state index in [9.17, 15) is 4.39 Å². The van der Waals surface area contributed by atoms with Gasteiger partial charge in [-0.3, -0.25) is 4.98 Å². The van der Waals surface area contributed by atoms with E-state index in [2.05, 4.69) is 25.3 Å². The number of aromatic nitrogens is 2. The first-order valence-electron chi connectivity index (χ1n) is 7.24. The minimum atomic E-state index is -0.430. The maximum atomic E-state index is 13.4. The topological polar surface area (TPSA) is 89.8 Å². The molecule has 0 atom stereocenters. The first-order valence-corrected chi connectivity index (χ1v) is 8.46. The van der Waals surface area contributed by atoms with Crippen LogP contribution in [0.1, 0.15) is 18.5 Å². The van der Waals surface area contributed by atoms with Gasteiger partial charge in [0.05, 0.1) is 18.4 Å². The van der Waals surface area contributed by atoms with Crippen LogP contribution >= 0.6 is 23.6 Å². The third-order valence-electron chi connectivity index (χ3n) is 3.43. The molecule has 2 aromatic heterocycles. The van der Waals surface area contributed by atoms with Crippen LogP contribution in [0.5, 0.6) is 0 Å². The highest BCUT2D eigenvalue weighted by Crippen LogP contribution is 2.35. The molecule has 3 rings (SSSR count). The van der Waals surface area contributed by atoms with Gasteiger partial charge >= 0.3 is 0 Å². The Bertz CT molecular complexity index is 811. The van der Waals surface area contributed by atoms with Crippen LogP contribution in [-0.4, -0.2) is 28.2 Å². The number of thiocarbonyl (C=S) groups is 1. The Labute approximate surface area is 147 Å². The van der Waals surface area contributed by atoms with Crippen molar-refractivity contribution in [3.63, 3.8) is 0 Å². The molecule has 1 saturated carbocycles. The normalized spacial score (nSPS) is 13.2. The molecule has 10 heteroatoms. The second kappa shape index (κ2) is 7.08. The van der Waals surface area contributed by atoms with Crippen LogP contribution in [-0.2, 0) is 6.54 Å². The molecule has 0 saturated heterocycles. The number of hydrogen-bond acceptors (Lipinski definition) is 5. The summed E-state index contributed by atoms with van der Waals surface area (Å²) >= 11 is 6.76. The quantitative estimate of drug-likeness (QED) is 0.379. The van der Waals surface area contributed by atoms with Crippen molar-refractivity contribution in [1.29, 1.82) is 0 Å². The molecule has 1 fully saturated rings. The Hall–Kier alpha value is -2.29. The van der Waals surface area contributed by atoms with E-state index in [1.807, 2.05) is 11.9 Å². The van der Waals surface area contributed by atoms with Crippen molar-refractivity contribution in [2.45, 2.75) is 25.4 Å². The average Bonchev–Trinajstić information content (AvgIpc) is 3.28. The van der Waals surface area contributed by atoms with Crippen molar-refractivity contribution in [2.75, 3.05) is 11.9 Å². The lowest BCUT2D eigenvalue weighted by atomic mass is 10.3. The third-order valence-corrected chi connectivity index (χ3v) is 5.04. The minimum Gasteiger partial charge on any atom is -0.360 e. The fourth-order valence-corrected chi connectivity index (χ4v) is 3.39. The van der Waals surface area contributed by atoms with Crippen molar-refractivity contribution in [1.82, 2.24) is 15.3 Å². The molecule has 1 aliphatic rings. The van der Waals surface area contributed by atoms with E-state index in [-0.39, 0.29) is 6.54 Å². The molecule has 2 heterocycles. The SMILES string of the molecule is CN(C(=S)NC1CC1)c1sc(-c2cncc(F)c2)nc1CN=[N+]=[N-]. The number of hydrogen-bond donors (Lipinski definition) is 1. The number of halogens is 1. The predicted octanol–water partition coefficient (Wildman–Crippen LogP) is 3.63. The molecule has 0 aromatic carbocycles. The number of rotatable bonds is 5. The van der Waals surface area contributed by atoms with E-state index < -0.39 is 5.82 Å². The van der Waals surface area contributed by atoms with Crippen molar-refractivity contribution in [3.05, 3.63) is 40.4 Å². The summed E-state index contributed by atoms with van der Waals surface area (Å²) in [5, 5.41) is 8.79. The smallest absolute Gasteiger partial charge is 0.174 e. The van der Waals surface area contributed by atoms with Gasteiger partial charge in [-0.15, -0.1) is 0 Å². The Morgan fingerprint density at radius 2 is 2.38 bits per heavy atom. The van der Waals surface area contributed by atoms with Gasteiger partial charge in [-0.05, 0) is 36.7 Å². The molecule has 1 aliphatic carbocycles. The third kappa shape index (κ3) is 3.78. The predicted molar refractivity (Wildman–Crippen MR) is 95.3 cm³/mol. The number of anilines is 1. The molecular formula is C14H14FN7S2. The van der Waals surface area contributed by atoms with Crippen molar-refractivity contribution in [3.8, 4) is 10.6 Å². The molecule has 0 aliphatic heterocycles. The fourth-order valence-electron chi connectivity index (χ4n) is 2.05. The Morgan fingerprint density at radius 1 is 1.58 bits per heavy atom. The standard InChI is InChI=1S/C14H14FN7S2/c1-22(14(23)19-10-2-3-10)13-11(7-18-21-16)20-12(24-13)8-4-9(15)6-17-5-8/h4-6,10H,2-3,7H2,1H3,(H,19,23). The van der Waals surface area contributed by atoms with E-state index in [4.69, 9.17) is 17.7 Å². The lowest BCUT2D eigenvalue weighted by Crippen LogP contribution is -2.38.